The Morgan fingerprint density at radius 2 is 1.81 bits per heavy atom. The van der Waals surface area contributed by atoms with Crippen LogP contribution in [0.3, 0.4) is 0 Å². The van der Waals surface area contributed by atoms with Gasteiger partial charge in [-0.25, -0.2) is 4.79 Å². The van der Waals surface area contributed by atoms with Gasteiger partial charge in [-0.1, -0.05) is 24.3 Å². The third-order valence-electron chi connectivity index (χ3n) is 5.42. The fourth-order valence-corrected chi connectivity index (χ4v) is 5.13. The molecule has 1 fully saturated rings. The standard InChI is InChI=1S/C23H29N3O4S/c1-23(2,3)30-22(27)24-14-17-6-5-7-18(12-17)19-10-11-20-21(13-19)25(4)31(28,29)26(20)15-16-8-9-16/h5-7,10-13,16H,8-9,14-15H2,1-4H3,(H,24,27). The zero-order valence-corrected chi connectivity index (χ0v) is 19.2. The predicted octanol–water partition coefficient (Wildman–Crippen LogP) is 4.29. The summed E-state index contributed by atoms with van der Waals surface area (Å²) >= 11 is 0. The van der Waals surface area contributed by atoms with Crippen LogP contribution in [0.1, 0.15) is 39.2 Å². The Morgan fingerprint density at radius 1 is 1.10 bits per heavy atom. The van der Waals surface area contributed by atoms with Crippen molar-refractivity contribution in [2.24, 2.45) is 5.92 Å². The molecule has 7 nitrogen and oxygen atoms in total. The van der Waals surface area contributed by atoms with Crippen molar-refractivity contribution in [3.63, 3.8) is 0 Å². The van der Waals surface area contributed by atoms with E-state index in [0.29, 0.717) is 24.7 Å². The number of anilines is 2. The summed E-state index contributed by atoms with van der Waals surface area (Å²) in [6.07, 6.45) is 1.72. The van der Waals surface area contributed by atoms with Gasteiger partial charge in [-0.2, -0.15) is 8.42 Å². The molecule has 2 aromatic carbocycles. The van der Waals surface area contributed by atoms with Gasteiger partial charge in [0.2, 0.25) is 0 Å². The monoisotopic (exact) mass is 443 g/mol. The van der Waals surface area contributed by atoms with Gasteiger partial charge in [0.25, 0.3) is 0 Å². The molecule has 1 saturated carbocycles. The van der Waals surface area contributed by atoms with Crippen molar-refractivity contribution in [3.05, 3.63) is 48.0 Å². The highest BCUT2D eigenvalue weighted by molar-refractivity contribution is 7.94. The Hall–Kier alpha value is -2.74. The van der Waals surface area contributed by atoms with Gasteiger partial charge in [0.1, 0.15) is 5.60 Å². The third kappa shape index (κ3) is 4.63. The summed E-state index contributed by atoms with van der Waals surface area (Å²) in [7, 11) is -1.91. The second-order valence-electron chi connectivity index (χ2n) is 9.21. The first kappa shape index (κ1) is 21.5. The molecule has 0 unspecified atom stereocenters. The minimum atomic E-state index is -3.52. The molecule has 1 aliphatic carbocycles. The number of ether oxygens (including phenoxy) is 1. The lowest BCUT2D eigenvalue weighted by molar-refractivity contribution is 0.0523. The number of nitrogens with zero attached hydrogens (tertiary/aromatic N) is 2. The number of alkyl carbamates (subject to hydrolysis) is 1. The summed E-state index contributed by atoms with van der Waals surface area (Å²) in [4.78, 5) is 11.9. The SMILES string of the molecule is CN1c2cc(-c3cccc(CNC(=O)OC(C)(C)C)c3)ccc2N(CC2CC2)S1(=O)=O. The van der Waals surface area contributed by atoms with Crippen molar-refractivity contribution < 1.29 is 17.9 Å². The maximum atomic E-state index is 12.9. The molecule has 0 aromatic heterocycles. The number of carbonyl (C=O) groups is 1. The van der Waals surface area contributed by atoms with Gasteiger partial charge in [-0.15, -0.1) is 0 Å². The minimum absolute atomic E-state index is 0.344. The number of fused-ring (bicyclic) bond motifs is 1. The van der Waals surface area contributed by atoms with Crippen molar-refractivity contribution in [1.82, 2.24) is 5.32 Å². The molecule has 31 heavy (non-hydrogen) atoms. The summed E-state index contributed by atoms with van der Waals surface area (Å²) in [5, 5.41) is 2.77. The normalized spacial score (nSPS) is 17.4. The number of rotatable bonds is 5. The third-order valence-corrected chi connectivity index (χ3v) is 7.22. The van der Waals surface area contributed by atoms with Gasteiger partial charge in [-0.05, 0) is 74.4 Å². The Morgan fingerprint density at radius 3 is 2.48 bits per heavy atom. The van der Waals surface area contributed by atoms with Crippen molar-refractivity contribution >= 4 is 27.7 Å². The molecule has 0 radical (unpaired) electrons. The van der Waals surface area contributed by atoms with E-state index in [0.717, 1.165) is 35.2 Å². The van der Waals surface area contributed by atoms with Crippen molar-refractivity contribution in [1.29, 1.82) is 0 Å². The predicted molar refractivity (Wildman–Crippen MR) is 122 cm³/mol. The lowest BCUT2D eigenvalue weighted by Crippen LogP contribution is -2.36. The van der Waals surface area contributed by atoms with Gasteiger partial charge in [0.05, 0.1) is 11.4 Å². The van der Waals surface area contributed by atoms with Crippen LogP contribution in [-0.2, 0) is 21.5 Å². The average molecular weight is 444 g/mol. The lowest BCUT2D eigenvalue weighted by atomic mass is 10.0. The highest BCUT2D eigenvalue weighted by Crippen LogP contribution is 2.44. The van der Waals surface area contributed by atoms with E-state index < -0.39 is 21.9 Å². The molecule has 0 bridgehead atoms. The summed E-state index contributed by atoms with van der Waals surface area (Å²) in [5.41, 5.74) is 3.69. The van der Waals surface area contributed by atoms with E-state index in [1.807, 2.05) is 63.2 Å². The number of carbonyl (C=O) groups excluding carboxylic acids is 1. The molecule has 2 aromatic rings. The largest absolute Gasteiger partial charge is 0.444 e. The van der Waals surface area contributed by atoms with E-state index >= 15 is 0 Å². The summed E-state index contributed by atoms with van der Waals surface area (Å²) < 4.78 is 33.9. The lowest BCUT2D eigenvalue weighted by Gasteiger charge is -2.19. The molecule has 1 aliphatic heterocycles. The topological polar surface area (TPSA) is 79.0 Å². The first-order valence-electron chi connectivity index (χ1n) is 10.5. The van der Waals surface area contributed by atoms with E-state index in [4.69, 9.17) is 4.74 Å². The summed E-state index contributed by atoms with van der Waals surface area (Å²) in [6.45, 7) is 6.36. The summed E-state index contributed by atoms with van der Waals surface area (Å²) in [5.74, 6) is 0.461. The maximum absolute atomic E-state index is 12.9. The Balaban J connectivity index is 1.54. The number of nitrogens with one attached hydrogen (secondary N) is 1. The van der Waals surface area contributed by atoms with Crippen LogP contribution < -0.4 is 13.9 Å². The van der Waals surface area contributed by atoms with E-state index in [-0.39, 0.29) is 0 Å². The van der Waals surface area contributed by atoms with Crippen LogP contribution in [0.15, 0.2) is 42.5 Å². The zero-order valence-electron chi connectivity index (χ0n) is 18.4. The van der Waals surface area contributed by atoms with E-state index in [2.05, 4.69) is 5.32 Å². The maximum Gasteiger partial charge on any atom is 0.407 e. The quantitative estimate of drug-likeness (QED) is 0.748. The number of hydrogen-bond donors (Lipinski definition) is 1. The second-order valence-corrected chi connectivity index (χ2v) is 11.1. The van der Waals surface area contributed by atoms with Crippen LogP contribution in [-0.4, -0.2) is 33.7 Å². The highest BCUT2D eigenvalue weighted by atomic mass is 32.2. The van der Waals surface area contributed by atoms with E-state index in [1.165, 1.54) is 8.61 Å². The van der Waals surface area contributed by atoms with Gasteiger partial charge in [-0.3, -0.25) is 8.61 Å². The van der Waals surface area contributed by atoms with E-state index in [9.17, 15) is 13.2 Å². The molecule has 2 aliphatic rings. The first-order valence-corrected chi connectivity index (χ1v) is 11.9. The van der Waals surface area contributed by atoms with Crippen LogP contribution in [0.5, 0.6) is 0 Å². The fraction of sp³-hybridized carbons (Fsp3) is 0.435. The van der Waals surface area contributed by atoms with Crippen LogP contribution >= 0.6 is 0 Å². The molecule has 0 saturated heterocycles. The molecule has 0 atom stereocenters. The number of hydrogen-bond acceptors (Lipinski definition) is 4. The molecule has 0 spiro atoms. The second kappa shape index (κ2) is 7.75. The Labute approximate surface area is 184 Å². The van der Waals surface area contributed by atoms with Gasteiger partial charge >= 0.3 is 16.3 Å². The molecule has 1 N–H and O–H groups in total. The molecule has 1 amide bonds. The van der Waals surface area contributed by atoms with Crippen molar-refractivity contribution in [2.45, 2.75) is 45.8 Å². The van der Waals surface area contributed by atoms with Crippen LogP contribution in [0.2, 0.25) is 0 Å². The smallest absolute Gasteiger partial charge is 0.407 e. The average Bonchev–Trinajstić information content (AvgIpc) is 3.50. The molecular weight excluding hydrogens is 414 g/mol. The molecule has 166 valence electrons. The minimum Gasteiger partial charge on any atom is -0.444 e. The Kier molecular flexibility index (Phi) is 5.37. The highest BCUT2D eigenvalue weighted by Gasteiger charge is 2.40. The molecule has 8 heteroatoms. The zero-order chi connectivity index (χ0) is 22.4. The van der Waals surface area contributed by atoms with Crippen LogP contribution in [0.25, 0.3) is 11.1 Å². The molecule has 4 rings (SSSR count). The van der Waals surface area contributed by atoms with Crippen molar-refractivity contribution in [3.8, 4) is 11.1 Å². The summed E-state index contributed by atoms with van der Waals surface area (Å²) in [6, 6.07) is 13.6. The van der Waals surface area contributed by atoms with Crippen LogP contribution in [0.4, 0.5) is 16.2 Å². The van der Waals surface area contributed by atoms with Crippen molar-refractivity contribution in [2.75, 3.05) is 22.2 Å². The van der Waals surface area contributed by atoms with Gasteiger partial charge < -0.3 is 10.1 Å². The van der Waals surface area contributed by atoms with Gasteiger partial charge in [0, 0.05) is 20.1 Å². The first-order chi connectivity index (χ1) is 14.5. The molecular formula is C23H29N3O4S. The Bertz CT molecular complexity index is 1100. The number of benzene rings is 2. The molecule has 1 heterocycles. The van der Waals surface area contributed by atoms with Crippen LogP contribution in [0, 0.1) is 5.92 Å². The van der Waals surface area contributed by atoms with Gasteiger partial charge in [0.15, 0.2) is 0 Å². The number of amides is 1. The fourth-order valence-electron chi connectivity index (χ4n) is 3.64. The van der Waals surface area contributed by atoms with E-state index in [1.54, 1.807) is 7.05 Å².